The average Bonchev–Trinajstić information content (AvgIpc) is 2.90. The molecule has 0 aliphatic carbocycles. The van der Waals surface area contributed by atoms with Crippen LogP contribution in [0.5, 0.6) is 5.75 Å². The number of ketones is 1. The molecule has 0 aliphatic rings. The third-order valence-corrected chi connectivity index (χ3v) is 3.21. The van der Waals surface area contributed by atoms with Gasteiger partial charge in [-0.3, -0.25) is 4.79 Å². The van der Waals surface area contributed by atoms with Gasteiger partial charge in [0.1, 0.15) is 17.6 Å². The van der Waals surface area contributed by atoms with Gasteiger partial charge in [0.25, 0.3) is 0 Å². The maximum absolute atomic E-state index is 12.6. The van der Waals surface area contributed by atoms with E-state index in [1.807, 2.05) is 50.2 Å². The van der Waals surface area contributed by atoms with E-state index in [9.17, 15) is 4.79 Å². The molecule has 0 fully saturated rings. The van der Waals surface area contributed by atoms with Crippen molar-refractivity contribution in [3.05, 3.63) is 65.9 Å². The van der Waals surface area contributed by atoms with Crippen molar-refractivity contribution in [2.24, 2.45) is 0 Å². The Bertz CT molecular complexity index is 767. The second kappa shape index (κ2) is 5.44. The van der Waals surface area contributed by atoms with Crippen LogP contribution in [0.15, 0.2) is 59.2 Å². The first-order chi connectivity index (χ1) is 10.1. The largest absolute Gasteiger partial charge is 0.491 e. The quantitative estimate of drug-likeness (QED) is 0.663. The second-order valence-corrected chi connectivity index (χ2v) is 5.17. The van der Waals surface area contributed by atoms with E-state index in [2.05, 4.69) is 0 Å². The van der Waals surface area contributed by atoms with Crippen molar-refractivity contribution < 1.29 is 13.9 Å². The molecule has 3 aromatic rings. The van der Waals surface area contributed by atoms with E-state index < -0.39 is 0 Å². The van der Waals surface area contributed by atoms with Gasteiger partial charge in [0.05, 0.1) is 11.7 Å². The minimum atomic E-state index is -0.0453. The Labute approximate surface area is 123 Å². The first-order valence-corrected chi connectivity index (χ1v) is 6.93. The highest BCUT2D eigenvalue weighted by Crippen LogP contribution is 2.24. The molecule has 106 valence electrons. The molecule has 1 heterocycles. The van der Waals surface area contributed by atoms with Crippen LogP contribution >= 0.6 is 0 Å². The van der Waals surface area contributed by atoms with Gasteiger partial charge in [-0.05, 0) is 44.2 Å². The highest BCUT2D eigenvalue weighted by molar-refractivity contribution is 6.15. The molecule has 3 rings (SSSR count). The third-order valence-electron chi connectivity index (χ3n) is 3.21. The molecule has 0 radical (unpaired) electrons. The molecule has 0 bridgehead atoms. The summed E-state index contributed by atoms with van der Waals surface area (Å²) >= 11 is 0. The molecular formula is C18H16O3. The lowest BCUT2D eigenvalue weighted by molar-refractivity contribution is 0.103. The molecule has 3 nitrogen and oxygen atoms in total. The zero-order valence-electron chi connectivity index (χ0n) is 12.0. The zero-order valence-corrected chi connectivity index (χ0v) is 12.0. The molecule has 1 aromatic heterocycles. The van der Waals surface area contributed by atoms with Crippen LogP contribution in [0.4, 0.5) is 0 Å². The number of ether oxygens (including phenoxy) is 1. The van der Waals surface area contributed by atoms with Gasteiger partial charge in [0.2, 0.25) is 0 Å². The fourth-order valence-electron chi connectivity index (χ4n) is 2.27. The summed E-state index contributed by atoms with van der Waals surface area (Å²) in [6, 6.07) is 14.7. The van der Waals surface area contributed by atoms with Crippen LogP contribution in [0, 0.1) is 0 Å². The van der Waals surface area contributed by atoms with Crippen LogP contribution in [0.1, 0.15) is 29.8 Å². The van der Waals surface area contributed by atoms with Crippen molar-refractivity contribution in [2.75, 3.05) is 0 Å². The van der Waals surface area contributed by atoms with E-state index in [1.165, 1.54) is 6.26 Å². The lowest BCUT2D eigenvalue weighted by atomic mass is 10.0. The summed E-state index contributed by atoms with van der Waals surface area (Å²) in [4.78, 5) is 12.6. The van der Waals surface area contributed by atoms with Gasteiger partial charge in [0.15, 0.2) is 5.78 Å². The van der Waals surface area contributed by atoms with Gasteiger partial charge in [-0.2, -0.15) is 0 Å². The Morgan fingerprint density at radius 3 is 2.48 bits per heavy atom. The summed E-state index contributed by atoms with van der Waals surface area (Å²) in [6.45, 7) is 3.94. The third kappa shape index (κ3) is 2.68. The number of furan rings is 1. The van der Waals surface area contributed by atoms with E-state index in [4.69, 9.17) is 9.15 Å². The predicted octanol–water partition coefficient (Wildman–Crippen LogP) is 4.45. The van der Waals surface area contributed by atoms with E-state index in [0.29, 0.717) is 11.1 Å². The minimum absolute atomic E-state index is 0.0453. The van der Waals surface area contributed by atoms with Crippen LogP contribution in [-0.4, -0.2) is 11.9 Å². The Morgan fingerprint density at radius 2 is 1.76 bits per heavy atom. The van der Waals surface area contributed by atoms with Crippen molar-refractivity contribution in [1.82, 2.24) is 0 Å². The van der Waals surface area contributed by atoms with Gasteiger partial charge in [0, 0.05) is 10.9 Å². The molecule has 2 aromatic carbocycles. The number of hydrogen-bond acceptors (Lipinski definition) is 3. The number of benzene rings is 2. The summed E-state index contributed by atoms with van der Waals surface area (Å²) in [5.74, 6) is 0.717. The molecule has 0 spiro atoms. The number of carbonyl (C=O) groups excluding carboxylic acids is 1. The molecule has 0 aliphatic heterocycles. The summed E-state index contributed by atoms with van der Waals surface area (Å²) < 4.78 is 11.0. The smallest absolute Gasteiger partial charge is 0.196 e. The van der Waals surface area contributed by atoms with Gasteiger partial charge in [-0.15, -0.1) is 0 Å². The summed E-state index contributed by atoms with van der Waals surface area (Å²) in [6.07, 6.45) is 1.63. The van der Waals surface area contributed by atoms with Gasteiger partial charge < -0.3 is 9.15 Å². The second-order valence-electron chi connectivity index (χ2n) is 5.17. The Kier molecular flexibility index (Phi) is 3.48. The molecule has 0 unspecified atom stereocenters. The molecule has 0 saturated heterocycles. The topological polar surface area (TPSA) is 39.4 Å². The van der Waals surface area contributed by atoms with Gasteiger partial charge in [-0.25, -0.2) is 0 Å². The SMILES string of the molecule is CC(C)Oc1ccc(C(=O)c2coc3ccccc23)cc1. The molecule has 0 saturated carbocycles. The monoisotopic (exact) mass is 280 g/mol. The minimum Gasteiger partial charge on any atom is -0.491 e. The average molecular weight is 280 g/mol. The lowest BCUT2D eigenvalue weighted by Gasteiger charge is -2.09. The van der Waals surface area contributed by atoms with Crippen LogP contribution < -0.4 is 4.74 Å². The Hall–Kier alpha value is -2.55. The number of hydrogen-bond donors (Lipinski definition) is 0. The molecule has 21 heavy (non-hydrogen) atoms. The molecule has 0 N–H and O–H groups in total. The van der Waals surface area contributed by atoms with Crippen LogP contribution in [0.3, 0.4) is 0 Å². The molecule has 0 amide bonds. The normalized spacial score (nSPS) is 11.0. The van der Waals surface area contributed by atoms with E-state index in [0.717, 1.165) is 16.7 Å². The highest BCUT2D eigenvalue weighted by atomic mass is 16.5. The first kappa shape index (κ1) is 13.4. The van der Waals surface area contributed by atoms with Crippen molar-refractivity contribution in [3.63, 3.8) is 0 Å². The predicted molar refractivity (Wildman–Crippen MR) is 81.9 cm³/mol. The number of para-hydroxylation sites is 1. The van der Waals surface area contributed by atoms with Gasteiger partial charge >= 0.3 is 0 Å². The zero-order chi connectivity index (χ0) is 14.8. The van der Waals surface area contributed by atoms with Crippen molar-refractivity contribution in [2.45, 2.75) is 20.0 Å². The first-order valence-electron chi connectivity index (χ1n) is 6.93. The lowest BCUT2D eigenvalue weighted by Crippen LogP contribution is -2.06. The number of rotatable bonds is 4. The fourth-order valence-corrected chi connectivity index (χ4v) is 2.27. The summed E-state index contributed by atoms with van der Waals surface area (Å²) in [7, 11) is 0. The van der Waals surface area contributed by atoms with Crippen LogP contribution in [-0.2, 0) is 0 Å². The highest BCUT2D eigenvalue weighted by Gasteiger charge is 2.15. The standard InChI is InChI=1S/C18H16O3/c1-12(2)21-14-9-7-13(8-10-14)18(19)16-11-20-17-6-4-3-5-15(16)17/h3-12H,1-2H3. The van der Waals surface area contributed by atoms with Crippen LogP contribution in [0.25, 0.3) is 11.0 Å². The number of fused-ring (bicyclic) bond motifs is 1. The van der Waals surface area contributed by atoms with E-state index in [1.54, 1.807) is 12.1 Å². The van der Waals surface area contributed by atoms with Gasteiger partial charge in [-0.1, -0.05) is 18.2 Å². The Balaban J connectivity index is 1.91. The van der Waals surface area contributed by atoms with Crippen molar-refractivity contribution in [3.8, 4) is 5.75 Å². The van der Waals surface area contributed by atoms with E-state index >= 15 is 0 Å². The summed E-state index contributed by atoms with van der Waals surface area (Å²) in [5, 5.41) is 0.838. The molecular weight excluding hydrogens is 264 g/mol. The van der Waals surface area contributed by atoms with Crippen molar-refractivity contribution in [1.29, 1.82) is 0 Å². The maximum Gasteiger partial charge on any atom is 0.196 e. The fraction of sp³-hybridized carbons (Fsp3) is 0.167. The Morgan fingerprint density at radius 1 is 1.05 bits per heavy atom. The molecule has 0 atom stereocenters. The summed E-state index contributed by atoms with van der Waals surface area (Å²) in [5.41, 5.74) is 1.93. The van der Waals surface area contributed by atoms with Crippen LogP contribution in [0.2, 0.25) is 0 Å². The molecule has 3 heteroatoms. The number of carbonyl (C=O) groups is 1. The maximum atomic E-state index is 12.6. The van der Waals surface area contributed by atoms with Crippen molar-refractivity contribution >= 4 is 16.8 Å². The van der Waals surface area contributed by atoms with E-state index in [-0.39, 0.29) is 11.9 Å².